The highest BCUT2D eigenvalue weighted by molar-refractivity contribution is 7.89. The van der Waals surface area contributed by atoms with E-state index in [2.05, 4.69) is 12.2 Å². The van der Waals surface area contributed by atoms with Gasteiger partial charge in [-0.2, -0.15) is 4.31 Å². The first-order chi connectivity index (χ1) is 13.7. The van der Waals surface area contributed by atoms with Crippen LogP contribution >= 0.6 is 0 Å². The number of amides is 1. The summed E-state index contributed by atoms with van der Waals surface area (Å²) >= 11 is 0. The Morgan fingerprint density at radius 1 is 1.17 bits per heavy atom. The molecule has 8 heteroatoms. The van der Waals surface area contributed by atoms with E-state index in [0.717, 1.165) is 28.5 Å². The summed E-state index contributed by atoms with van der Waals surface area (Å²) in [6, 6.07) is 8.46. The molecule has 1 aromatic heterocycles. The van der Waals surface area contributed by atoms with Gasteiger partial charge in [0.2, 0.25) is 15.9 Å². The maximum Gasteiger partial charge on any atom is 0.271 e. The zero-order valence-corrected chi connectivity index (χ0v) is 17.8. The van der Waals surface area contributed by atoms with E-state index in [9.17, 15) is 18.0 Å². The van der Waals surface area contributed by atoms with Gasteiger partial charge < -0.3 is 9.88 Å². The third-order valence-electron chi connectivity index (χ3n) is 5.32. The van der Waals surface area contributed by atoms with Crippen molar-refractivity contribution in [2.45, 2.75) is 45.1 Å². The number of rotatable bonds is 5. The van der Waals surface area contributed by atoms with E-state index in [4.69, 9.17) is 0 Å². The zero-order valence-electron chi connectivity index (χ0n) is 17.0. The molecular formula is C21H27N3O4S. The molecule has 0 unspecified atom stereocenters. The molecule has 1 fully saturated rings. The number of nitrogens with zero attached hydrogens (tertiary/aromatic N) is 2. The molecule has 2 aromatic rings. The number of pyridine rings is 1. The third kappa shape index (κ3) is 4.76. The Morgan fingerprint density at radius 3 is 2.52 bits per heavy atom. The molecule has 156 valence electrons. The van der Waals surface area contributed by atoms with Crippen LogP contribution in [0, 0.1) is 19.8 Å². The number of piperidine rings is 1. The van der Waals surface area contributed by atoms with Crippen LogP contribution in [-0.4, -0.2) is 36.3 Å². The summed E-state index contributed by atoms with van der Waals surface area (Å²) in [4.78, 5) is 25.0. The normalized spacial score (nSPS) is 16.0. The largest absolute Gasteiger partial charge is 0.324 e. The summed E-state index contributed by atoms with van der Waals surface area (Å²) in [5, 5.41) is 2.78. The van der Waals surface area contributed by atoms with Crippen LogP contribution in [0.5, 0.6) is 0 Å². The summed E-state index contributed by atoms with van der Waals surface area (Å²) < 4.78 is 28.4. The van der Waals surface area contributed by atoms with Gasteiger partial charge in [0.25, 0.3) is 5.56 Å². The smallest absolute Gasteiger partial charge is 0.271 e. The molecular weight excluding hydrogens is 390 g/mol. The van der Waals surface area contributed by atoms with Crippen molar-refractivity contribution in [2.75, 3.05) is 18.4 Å². The fourth-order valence-corrected chi connectivity index (χ4v) is 5.06. The average molecular weight is 418 g/mol. The summed E-state index contributed by atoms with van der Waals surface area (Å²) in [6.07, 6.45) is 2.98. The number of carbonyl (C=O) groups is 1. The van der Waals surface area contributed by atoms with Crippen molar-refractivity contribution >= 4 is 21.6 Å². The van der Waals surface area contributed by atoms with Gasteiger partial charge >= 0.3 is 0 Å². The van der Waals surface area contributed by atoms with E-state index < -0.39 is 15.6 Å². The minimum absolute atomic E-state index is 0.257. The number of hydrogen-bond donors (Lipinski definition) is 1. The van der Waals surface area contributed by atoms with Crippen molar-refractivity contribution in [3.8, 4) is 0 Å². The highest BCUT2D eigenvalue weighted by Crippen LogP contribution is 2.22. The highest BCUT2D eigenvalue weighted by atomic mass is 32.2. The molecule has 2 heterocycles. The second-order valence-electron chi connectivity index (χ2n) is 7.76. The zero-order chi connectivity index (χ0) is 21.2. The van der Waals surface area contributed by atoms with Crippen LogP contribution in [0.15, 0.2) is 46.2 Å². The Labute approximate surface area is 171 Å². The molecule has 1 aliphatic rings. The van der Waals surface area contributed by atoms with Gasteiger partial charge in [-0.3, -0.25) is 9.59 Å². The predicted molar refractivity (Wildman–Crippen MR) is 112 cm³/mol. The number of aromatic nitrogens is 1. The van der Waals surface area contributed by atoms with E-state index in [1.807, 2.05) is 32.0 Å². The second-order valence-corrected chi connectivity index (χ2v) is 9.67. The summed E-state index contributed by atoms with van der Waals surface area (Å²) in [5.41, 5.74) is 1.99. The second kappa shape index (κ2) is 8.51. The standard InChI is InChI=1S/C21H27N3O4S/c1-15-8-11-24(12-9-15)29(27,28)19-5-4-10-23(21(19)26)14-20(25)22-18-7-6-16(2)13-17(18)3/h4-7,10,13,15H,8-9,11-12,14H2,1-3H3,(H,22,25). The average Bonchev–Trinajstić information content (AvgIpc) is 2.66. The SMILES string of the molecule is Cc1ccc(NC(=O)Cn2cccc(S(=O)(=O)N3CCC(C)CC3)c2=O)c(C)c1. The van der Waals surface area contributed by atoms with Crippen LogP contribution in [-0.2, 0) is 21.4 Å². The predicted octanol–water partition coefficient (Wildman–Crippen LogP) is 2.52. The van der Waals surface area contributed by atoms with Crippen molar-refractivity contribution in [2.24, 2.45) is 5.92 Å². The molecule has 0 aliphatic carbocycles. The molecule has 1 aliphatic heterocycles. The molecule has 29 heavy (non-hydrogen) atoms. The number of nitrogens with one attached hydrogen (secondary N) is 1. The molecule has 1 amide bonds. The number of aryl methyl sites for hydroxylation is 2. The minimum Gasteiger partial charge on any atom is -0.324 e. The molecule has 0 radical (unpaired) electrons. The van der Waals surface area contributed by atoms with Crippen LogP contribution < -0.4 is 10.9 Å². The summed E-state index contributed by atoms with van der Waals surface area (Å²) in [5.74, 6) is 0.0863. The summed E-state index contributed by atoms with van der Waals surface area (Å²) in [7, 11) is -3.88. The Balaban J connectivity index is 1.79. The van der Waals surface area contributed by atoms with Crippen molar-refractivity contribution in [3.05, 3.63) is 58.0 Å². The number of benzene rings is 1. The van der Waals surface area contributed by atoms with E-state index >= 15 is 0 Å². The highest BCUT2D eigenvalue weighted by Gasteiger charge is 2.30. The van der Waals surface area contributed by atoms with Gasteiger partial charge in [-0.15, -0.1) is 0 Å². The first kappa shape index (κ1) is 21.3. The van der Waals surface area contributed by atoms with Crippen LogP contribution in [0.2, 0.25) is 0 Å². The van der Waals surface area contributed by atoms with Gasteiger partial charge in [-0.05, 0) is 56.4 Å². The van der Waals surface area contributed by atoms with E-state index in [0.29, 0.717) is 24.7 Å². The lowest BCUT2D eigenvalue weighted by Crippen LogP contribution is -2.41. The molecule has 7 nitrogen and oxygen atoms in total. The lowest BCUT2D eigenvalue weighted by molar-refractivity contribution is -0.116. The Bertz CT molecular complexity index is 1070. The molecule has 0 spiro atoms. The Kier molecular flexibility index (Phi) is 6.24. The first-order valence-corrected chi connectivity index (χ1v) is 11.2. The number of hydrogen-bond acceptors (Lipinski definition) is 4. The van der Waals surface area contributed by atoms with E-state index in [1.165, 1.54) is 22.6 Å². The molecule has 1 aromatic carbocycles. The van der Waals surface area contributed by atoms with Crippen LogP contribution in [0.4, 0.5) is 5.69 Å². The molecule has 0 bridgehead atoms. The van der Waals surface area contributed by atoms with Crippen molar-refractivity contribution in [1.82, 2.24) is 8.87 Å². The van der Waals surface area contributed by atoms with Crippen molar-refractivity contribution in [1.29, 1.82) is 0 Å². The topological polar surface area (TPSA) is 88.5 Å². The number of sulfonamides is 1. The van der Waals surface area contributed by atoms with Gasteiger partial charge in [0.05, 0.1) is 0 Å². The molecule has 0 saturated carbocycles. The maximum absolute atomic E-state index is 12.9. The lowest BCUT2D eigenvalue weighted by atomic mass is 10.0. The van der Waals surface area contributed by atoms with Crippen LogP contribution in [0.1, 0.15) is 30.9 Å². The van der Waals surface area contributed by atoms with Gasteiger partial charge in [-0.1, -0.05) is 24.6 Å². The number of anilines is 1. The fourth-order valence-electron chi connectivity index (χ4n) is 3.50. The fraction of sp³-hybridized carbons (Fsp3) is 0.429. The Hall–Kier alpha value is -2.45. The molecule has 3 rings (SSSR count). The third-order valence-corrected chi connectivity index (χ3v) is 7.23. The van der Waals surface area contributed by atoms with Gasteiger partial charge in [0, 0.05) is 25.0 Å². The van der Waals surface area contributed by atoms with Crippen molar-refractivity contribution in [3.63, 3.8) is 0 Å². The van der Waals surface area contributed by atoms with Crippen LogP contribution in [0.25, 0.3) is 0 Å². The van der Waals surface area contributed by atoms with Gasteiger partial charge in [-0.25, -0.2) is 8.42 Å². The Morgan fingerprint density at radius 2 is 1.86 bits per heavy atom. The first-order valence-electron chi connectivity index (χ1n) is 9.75. The minimum atomic E-state index is -3.88. The lowest BCUT2D eigenvalue weighted by Gasteiger charge is -2.29. The summed E-state index contributed by atoms with van der Waals surface area (Å²) in [6.45, 7) is 6.50. The van der Waals surface area contributed by atoms with E-state index in [-0.39, 0.29) is 17.3 Å². The van der Waals surface area contributed by atoms with Crippen LogP contribution in [0.3, 0.4) is 0 Å². The van der Waals surface area contributed by atoms with Crippen molar-refractivity contribution < 1.29 is 13.2 Å². The number of carbonyl (C=O) groups excluding carboxylic acids is 1. The van der Waals surface area contributed by atoms with Gasteiger partial charge in [0.15, 0.2) is 0 Å². The van der Waals surface area contributed by atoms with E-state index in [1.54, 1.807) is 0 Å². The maximum atomic E-state index is 12.9. The monoisotopic (exact) mass is 417 g/mol. The molecule has 1 N–H and O–H groups in total. The van der Waals surface area contributed by atoms with Gasteiger partial charge in [0.1, 0.15) is 11.4 Å². The molecule has 0 atom stereocenters. The quantitative estimate of drug-likeness (QED) is 0.810. The molecule has 1 saturated heterocycles.